The Morgan fingerprint density at radius 2 is 2.22 bits per heavy atom. The maximum absolute atomic E-state index is 9.76. The second-order valence-corrected chi connectivity index (χ2v) is 5.25. The minimum atomic E-state index is -0.515. The third-order valence-corrected chi connectivity index (χ3v) is 3.77. The van der Waals surface area contributed by atoms with Crippen LogP contribution in [0.4, 0.5) is 5.82 Å². The summed E-state index contributed by atoms with van der Waals surface area (Å²) >= 11 is 1.64. The molecule has 0 aliphatic carbocycles. The fourth-order valence-electron chi connectivity index (χ4n) is 1.82. The molecule has 0 amide bonds. The molecule has 5 heteroatoms. The Bertz CT molecular complexity index is 524. The van der Waals surface area contributed by atoms with Crippen molar-refractivity contribution in [3.8, 4) is 0 Å². The van der Waals surface area contributed by atoms with E-state index in [1.54, 1.807) is 24.5 Å². The van der Waals surface area contributed by atoms with Crippen LogP contribution in [0.5, 0.6) is 0 Å². The SMILES string of the molecule is Cc1ncsc1CN(C)c1ncccc1[C@H](C)O. The molecule has 0 unspecified atom stereocenters. The first kappa shape index (κ1) is 13.0. The van der Waals surface area contributed by atoms with Crippen molar-refractivity contribution < 1.29 is 5.11 Å². The highest BCUT2D eigenvalue weighted by Gasteiger charge is 2.14. The Labute approximate surface area is 111 Å². The Morgan fingerprint density at radius 1 is 1.44 bits per heavy atom. The van der Waals surface area contributed by atoms with Crippen molar-refractivity contribution >= 4 is 17.2 Å². The minimum absolute atomic E-state index is 0.515. The van der Waals surface area contributed by atoms with Crippen LogP contribution >= 0.6 is 11.3 Å². The Balaban J connectivity index is 2.24. The lowest BCUT2D eigenvalue weighted by Crippen LogP contribution is -2.19. The molecule has 0 aromatic carbocycles. The number of thiazole rings is 1. The van der Waals surface area contributed by atoms with Gasteiger partial charge >= 0.3 is 0 Å². The number of aryl methyl sites for hydroxylation is 1. The van der Waals surface area contributed by atoms with Crippen LogP contribution in [0.15, 0.2) is 23.8 Å². The van der Waals surface area contributed by atoms with Crippen LogP contribution in [-0.4, -0.2) is 22.1 Å². The lowest BCUT2D eigenvalue weighted by molar-refractivity contribution is 0.199. The van der Waals surface area contributed by atoms with Crippen LogP contribution in [-0.2, 0) is 6.54 Å². The average Bonchev–Trinajstić information content (AvgIpc) is 2.75. The number of pyridine rings is 1. The number of aromatic nitrogens is 2. The zero-order chi connectivity index (χ0) is 13.1. The standard InChI is InChI=1S/C13H17N3OS/c1-9-12(18-8-15-9)7-16(3)13-11(10(2)17)5-4-6-14-13/h4-6,8,10,17H,7H2,1-3H3/t10-/m0/s1. The van der Waals surface area contributed by atoms with Crippen molar-refractivity contribution in [2.75, 3.05) is 11.9 Å². The van der Waals surface area contributed by atoms with Gasteiger partial charge in [0.25, 0.3) is 0 Å². The van der Waals surface area contributed by atoms with Gasteiger partial charge in [-0.25, -0.2) is 9.97 Å². The molecule has 0 spiro atoms. The van der Waals surface area contributed by atoms with E-state index in [2.05, 4.69) is 9.97 Å². The van der Waals surface area contributed by atoms with Gasteiger partial charge in [-0.2, -0.15) is 0 Å². The van der Waals surface area contributed by atoms with Gasteiger partial charge in [-0.1, -0.05) is 6.07 Å². The molecule has 2 rings (SSSR count). The van der Waals surface area contributed by atoms with Crippen molar-refractivity contribution in [3.05, 3.63) is 40.0 Å². The van der Waals surface area contributed by atoms with E-state index in [-0.39, 0.29) is 0 Å². The Hall–Kier alpha value is -1.46. The summed E-state index contributed by atoms with van der Waals surface area (Å²) in [7, 11) is 1.98. The summed E-state index contributed by atoms with van der Waals surface area (Å²) in [5, 5.41) is 9.76. The Kier molecular flexibility index (Phi) is 3.93. The van der Waals surface area contributed by atoms with Crippen molar-refractivity contribution in [1.82, 2.24) is 9.97 Å². The maximum atomic E-state index is 9.76. The lowest BCUT2D eigenvalue weighted by atomic mass is 10.1. The highest BCUT2D eigenvalue weighted by atomic mass is 32.1. The molecule has 18 heavy (non-hydrogen) atoms. The number of anilines is 1. The first-order valence-electron chi connectivity index (χ1n) is 5.82. The monoisotopic (exact) mass is 263 g/mol. The zero-order valence-electron chi connectivity index (χ0n) is 10.8. The van der Waals surface area contributed by atoms with Gasteiger partial charge in [-0.05, 0) is 19.9 Å². The van der Waals surface area contributed by atoms with Crippen LogP contribution in [0.1, 0.15) is 29.2 Å². The molecule has 0 aliphatic heterocycles. The van der Waals surface area contributed by atoms with Crippen LogP contribution in [0.25, 0.3) is 0 Å². The quantitative estimate of drug-likeness (QED) is 0.921. The molecule has 0 saturated heterocycles. The summed E-state index contributed by atoms with van der Waals surface area (Å²) in [6, 6.07) is 3.75. The van der Waals surface area contributed by atoms with E-state index in [0.29, 0.717) is 0 Å². The summed E-state index contributed by atoms with van der Waals surface area (Å²) in [6.07, 6.45) is 1.23. The van der Waals surface area contributed by atoms with Gasteiger partial charge in [0, 0.05) is 23.7 Å². The molecule has 0 bridgehead atoms. The lowest BCUT2D eigenvalue weighted by Gasteiger charge is -2.21. The third-order valence-electron chi connectivity index (χ3n) is 2.85. The molecule has 1 N–H and O–H groups in total. The van der Waals surface area contributed by atoms with E-state index in [1.807, 2.05) is 36.5 Å². The van der Waals surface area contributed by atoms with Crippen molar-refractivity contribution in [3.63, 3.8) is 0 Å². The van der Waals surface area contributed by atoms with Crippen molar-refractivity contribution in [1.29, 1.82) is 0 Å². The summed E-state index contributed by atoms with van der Waals surface area (Å²) < 4.78 is 0. The predicted molar refractivity (Wildman–Crippen MR) is 73.8 cm³/mol. The maximum Gasteiger partial charge on any atom is 0.134 e. The van der Waals surface area contributed by atoms with Crippen LogP contribution < -0.4 is 4.90 Å². The number of aliphatic hydroxyl groups excluding tert-OH is 1. The van der Waals surface area contributed by atoms with Crippen molar-refractivity contribution in [2.45, 2.75) is 26.5 Å². The van der Waals surface area contributed by atoms with Crippen LogP contribution in [0, 0.1) is 6.92 Å². The topological polar surface area (TPSA) is 49.2 Å². The second kappa shape index (κ2) is 5.46. The fourth-order valence-corrected chi connectivity index (χ4v) is 2.65. The summed E-state index contributed by atoms with van der Waals surface area (Å²) in [4.78, 5) is 11.9. The number of rotatable bonds is 4. The van der Waals surface area contributed by atoms with Crippen molar-refractivity contribution in [2.24, 2.45) is 0 Å². The number of nitrogens with zero attached hydrogens (tertiary/aromatic N) is 3. The van der Waals surface area contributed by atoms with E-state index < -0.39 is 6.10 Å². The summed E-state index contributed by atoms with van der Waals surface area (Å²) in [5.74, 6) is 0.820. The van der Waals surface area contributed by atoms with Gasteiger partial charge in [0.1, 0.15) is 5.82 Å². The molecule has 2 aromatic heterocycles. The zero-order valence-corrected chi connectivity index (χ0v) is 11.6. The molecule has 0 radical (unpaired) electrons. The molecular formula is C13H17N3OS. The highest BCUT2D eigenvalue weighted by molar-refractivity contribution is 7.09. The largest absolute Gasteiger partial charge is 0.389 e. The molecule has 0 aliphatic rings. The average molecular weight is 263 g/mol. The minimum Gasteiger partial charge on any atom is -0.389 e. The molecule has 96 valence electrons. The molecule has 1 atom stereocenters. The van der Waals surface area contributed by atoms with Gasteiger partial charge in [-0.15, -0.1) is 11.3 Å². The molecule has 0 fully saturated rings. The number of aliphatic hydroxyl groups is 1. The number of hydrogen-bond acceptors (Lipinski definition) is 5. The van der Waals surface area contributed by atoms with E-state index in [0.717, 1.165) is 23.6 Å². The summed E-state index contributed by atoms with van der Waals surface area (Å²) in [6.45, 7) is 4.52. The van der Waals surface area contributed by atoms with Gasteiger partial charge in [0.2, 0.25) is 0 Å². The van der Waals surface area contributed by atoms with Gasteiger partial charge in [0.05, 0.1) is 23.9 Å². The molecule has 2 aromatic rings. The first-order valence-corrected chi connectivity index (χ1v) is 6.70. The van der Waals surface area contributed by atoms with E-state index in [1.165, 1.54) is 4.88 Å². The second-order valence-electron chi connectivity index (χ2n) is 4.31. The van der Waals surface area contributed by atoms with Crippen LogP contribution in [0.2, 0.25) is 0 Å². The van der Waals surface area contributed by atoms with Gasteiger partial charge in [-0.3, -0.25) is 0 Å². The van der Waals surface area contributed by atoms with E-state index in [9.17, 15) is 5.11 Å². The van der Waals surface area contributed by atoms with E-state index in [4.69, 9.17) is 0 Å². The predicted octanol–water partition coefficient (Wildman–Crippen LogP) is 2.54. The summed E-state index contributed by atoms with van der Waals surface area (Å²) in [5.41, 5.74) is 3.76. The number of hydrogen-bond donors (Lipinski definition) is 1. The smallest absolute Gasteiger partial charge is 0.134 e. The van der Waals surface area contributed by atoms with Crippen LogP contribution in [0.3, 0.4) is 0 Å². The fraction of sp³-hybridized carbons (Fsp3) is 0.385. The van der Waals surface area contributed by atoms with Gasteiger partial charge < -0.3 is 10.0 Å². The molecule has 0 saturated carbocycles. The molecule has 2 heterocycles. The molecule has 4 nitrogen and oxygen atoms in total. The highest BCUT2D eigenvalue weighted by Crippen LogP contribution is 2.25. The first-order chi connectivity index (χ1) is 8.59. The normalized spacial score (nSPS) is 12.4. The van der Waals surface area contributed by atoms with Gasteiger partial charge in [0.15, 0.2) is 0 Å². The Morgan fingerprint density at radius 3 is 2.83 bits per heavy atom. The van der Waals surface area contributed by atoms with E-state index >= 15 is 0 Å². The molecular weight excluding hydrogens is 246 g/mol. The third kappa shape index (κ3) is 2.68.